The van der Waals surface area contributed by atoms with E-state index in [1.165, 1.54) is 7.11 Å². The second-order valence-corrected chi connectivity index (χ2v) is 4.92. The molecule has 0 heterocycles. The highest BCUT2D eigenvalue weighted by molar-refractivity contribution is 5.92. The first-order valence-corrected chi connectivity index (χ1v) is 6.44. The van der Waals surface area contributed by atoms with Crippen molar-refractivity contribution in [2.75, 3.05) is 26.1 Å². The van der Waals surface area contributed by atoms with E-state index >= 15 is 0 Å². The summed E-state index contributed by atoms with van der Waals surface area (Å²) in [6.07, 6.45) is 0. The summed E-state index contributed by atoms with van der Waals surface area (Å²) in [5, 5.41) is 3.43. The van der Waals surface area contributed by atoms with E-state index in [0.717, 1.165) is 11.3 Å². The van der Waals surface area contributed by atoms with E-state index in [1.807, 2.05) is 19.1 Å². The minimum absolute atomic E-state index is 0.205. The lowest BCUT2D eigenvalue weighted by Gasteiger charge is -2.24. The van der Waals surface area contributed by atoms with Gasteiger partial charge < -0.3 is 14.8 Å². The Kier molecular flexibility index (Phi) is 5.83. The summed E-state index contributed by atoms with van der Waals surface area (Å²) in [7, 11) is 3.08. The normalized spacial score (nSPS) is 12.3. The predicted octanol–water partition coefficient (Wildman–Crippen LogP) is 2.86. The second kappa shape index (κ2) is 7.14. The fourth-order valence-electron chi connectivity index (χ4n) is 1.90. The smallest absolute Gasteiger partial charge is 0.338 e. The Balaban J connectivity index is 2.97. The molecule has 1 atom stereocenters. The lowest BCUT2D eigenvalue weighted by atomic mass is 10.0. The summed E-state index contributed by atoms with van der Waals surface area (Å²) in [5.41, 5.74) is 2.43. The molecule has 0 fully saturated rings. The lowest BCUT2D eigenvalue weighted by molar-refractivity contribution is 0.0600. The molecule has 1 aromatic rings. The number of hydrogen-bond donors (Lipinski definition) is 1. The Labute approximate surface area is 115 Å². The summed E-state index contributed by atoms with van der Waals surface area (Å²) in [5.74, 6) is 0.120. The van der Waals surface area contributed by atoms with Gasteiger partial charge in [-0.05, 0) is 30.5 Å². The van der Waals surface area contributed by atoms with Gasteiger partial charge in [0.05, 0.1) is 25.3 Å². The van der Waals surface area contributed by atoms with Crippen LogP contribution in [0.25, 0.3) is 0 Å². The molecule has 1 rings (SSSR count). The van der Waals surface area contributed by atoms with Gasteiger partial charge in [0.15, 0.2) is 0 Å². The first-order valence-electron chi connectivity index (χ1n) is 6.44. The van der Waals surface area contributed by atoms with Crippen LogP contribution in [0.15, 0.2) is 18.2 Å². The van der Waals surface area contributed by atoms with Crippen molar-refractivity contribution < 1.29 is 14.3 Å². The van der Waals surface area contributed by atoms with Crippen molar-refractivity contribution in [2.24, 2.45) is 5.92 Å². The van der Waals surface area contributed by atoms with Crippen LogP contribution in [-0.4, -0.2) is 32.8 Å². The van der Waals surface area contributed by atoms with Crippen LogP contribution in [0.5, 0.6) is 0 Å². The number of benzene rings is 1. The molecule has 4 heteroatoms. The summed E-state index contributed by atoms with van der Waals surface area (Å²) in [4.78, 5) is 11.7. The highest BCUT2D eigenvalue weighted by Gasteiger charge is 2.16. The molecular formula is C15H23NO3. The van der Waals surface area contributed by atoms with Crippen molar-refractivity contribution in [1.82, 2.24) is 0 Å². The van der Waals surface area contributed by atoms with Crippen LogP contribution >= 0.6 is 0 Å². The largest absolute Gasteiger partial charge is 0.465 e. The zero-order valence-corrected chi connectivity index (χ0v) is 12.3. The number of carbonyl (C=O) groups excluding carboxylic acids is 1. The first-order chi connectivity index (χ1) is 9.01. The van der Waals surface area contributed by atoms with E-state index in [4.69, 9.17) is 9.47 Å². The number of hydrogen-bond acceptors (Lipinski definition) is 4. The molecule has 1 N–H and O–H groups in total. The van der Waals surface area contributed by atoms with Gasteiger partial charge in [-0.25, -0.2) is 4.79 Å². The topological polar surface area (TPSA) is 47.6 Å². The van der Waals surface area contributed by atoms with Crippen molar-refractivity contribution in [1.29, 1.82) is 0 Å². The average Bonchev–Trinajstić information content (AvgIpc) is 2.39. The summed E-state index contributed by atoms with van der Waals surface area (Å²) in [6.45, 7) is 6.81. The zero-order valence-electron chi connectivity index (χ0n) is 12.3. The monoisotopic (exact) mass is 265 g/mol. The van der Waals surface area contributed by atoms with Crippen LogP contribution in [0.1, 0.15) is 29.8 Å². The van der Waals surface area contributed by atoms with Crippen LogP contribution in [0.2, 0.25) is 0 Å². The molecule has 0 saturated heterocycles. The van der Waals surface area contributed by atoms with Gasteiger partial charge in [-0.3, -0.25) is 0 Å². The molecule has 0 bridgehead atoms. The molecule has 0 aliphatic carbocycles. The second-order valence-electron chi connectivity index (χ2n) is 4.92. The van der Waals surface area contributed by atoms with Gasteiger partial charge in [0.2, 0.25) is 0 Å². The maximum Gasteiger partial charge on any atom is 0.338 e. The standard InChI is InChI=1S/C15H23NO3/c1-10(2)14(9-18-4)16-13-8-6-7-12(11(13)3)15(17)19-5/h6-8,10,14,16H,9H2,1-5H3. The number of anilines is 1. The molecule has 0 aromatic heterocycles. The molecule has 0 saturated carbocycles. The quantitative estimate of drug-likeness (QED) is 0.803. The van der Waals surface area contributed by atoms with Crippen molar-refractivity contribution in [3.8, 4) is 0 Å². The number of rotatable bonds is 6. The van der Waals surface area contributed by atoms with Crippen LogP contribution in [0, 0.1) is 12.8 Å². The highest BCUT2D eigenvalue weighted by atomic mass is 16.5. The van der Waals surface area contributed by atoms with Gasteiger partial charge >= 0.3 is 5.97 Å². The fraction of sp³-hybridized carbons (Fsp3) is 0.533. The maximum absolute atomic E-state index is 11.7. The minimum Gasteiger partial charge on any atom is -0.465 e. The number of carbonyl (C=O) groups is 1. The Morgan fingerprint density at radius 1 is 1.32 bits per heavy atom. The van der Waals surface area contributed by atoms with Gasteiger partial charge in [-0.2, -0.15) is 0 Å². The van der Waals surface area contributed by atoms with Gasteiger partial charge in [0, 0.05) is 12.8 Å². The number of esters is 1. The molecule has 4 nitrogen and oxygen atoms in total. The zero-order chi connectivity index (χ0) is 14.4. The van der Waals surface area contributed by atoms with Crippen molar-refractivity contribution >= 4 is 11.7 Å². The van der Waals surface area contributed by atoms with Crippen molar-refractivity contribution in [3.63, 3.8) is 0 Å². The van der Waals surface area contributed by atoms with Crippen LogP contribution in [0.3, 0.4) is 0 Å². The molecule has 1 unspecified atom stereocenters. The van der Waals surface area contributed by atoms with Crippen molar-refractivity contribution in [3.05, 3.63) is 29.3 Å². The molecular weight excluding hydrogens is 242 g/mol. The third-order valence-electron chi connectivity index (χ3n) is 3.23. The van der Waals surface area contributed by atoms with Crippen LogP contribution in [0.4, 0.5) is 5.69 Å². The number of ether oxygens (including phenoxy) is 2. The minimum atomic E-state index is -0.311. The Morgan fingerprint density at radius 2 is 2.00 bits per heavy atom. The summed E-state index contributed by atoms with van der Waals surface area (Å²) < 4.78 is 10.0. The van der Waals surface area contributed by atoms with Crippen molar-refractivity contribution in [2.45, 2.75) is 26.8 Å². The fourth-order valence-corrected chi connectivity index (χ4v) is 1.90. The van der Waals surface area contributed by atoms with Crippen LogP contribution in [-0.2, 0) is 9.47 Å². The third-order valence-corrected chi connectivity index (χ3v) is 3.23. The highest BCUT2D eigenvalue weighted by Crippen LogP contribution is 2.22. The molecule has 106 valence electrons. The molecule has 0 radical (unpaired) electrons. The first kappa shape index (κ1) is 15.5. The van der Waals surface area contributed by atoms with E-state index in [9.17, 15) is 4.79 Å². The van der Waals surface area contributed by atoms with Gasteiger partial charge in [0.1, 0.15) is 0 Å². The van der Waals surface area contributed by atoms with E-state index < -0.39 is 0 Å². The SMILES string of the molecule is COCC(Nc1cccc(C(=O)OC)c1C)C(C)C. The Hall–Kier alpha value is -1.55. The average molecular weight is 265 g/mol. The molecule has 0 aliphatic rings. The summed E-state index contributed by atoms with van der Waals surface area (Å²) >= 11 is 0. The molecule has 0 spiro atoms. The third kappa shape index (κ3) is 3.96. The van der Waals surface area contributed by atoms with Crippen LogP contribution < -0.4 is 5.32 Å². The molecule has 1 aromatic carbocycles. The molecule has 0 aliphatic heterocycles. The summed E-state index contributed by atoms with van der Waals surface area (Å²) in [6, 6.07) is 5.79. The maximum atomic E-state index is 11.7. The molecule has 0 amide bonds. The van der Waals surface area contributed by atoms with E-state index in [-0.39, 0.29) is 12.0 Å². The van der Waals surface area contributed by atoms with E-state index in [2.05, 4.69) is 19.2 Å². The Bertz CT molecular complexity index is 429. The predicted molar refractivity (Wildman–Crippen MR) is 76.6 cm³/mol. The number of nitrogens with one attached hydrogen (secondary N) is 1. The lowest BCUT2D eigenvalue weighted by Crippen LogP contribution is -2.30. The van der Waals surface area contributed by atoms with Gasteiger partial charge in [-0.15, -0.1) is 0 Å². The van der Waals surface area contributed by atoms with E-state index in [0.29, 0.717) is 18.1 Å². The van der Waals surface area contributed by atoms with E-state index in [1.54, 1.807) is 13.2 Å². The van der Waals surface area contributed by atoms with Gasteiger partial charge in [0.25, 0.3) is 0 Å². The number of methoxy groups -OCH3 is 2. The Morgan fingerprint density at radius 3 is 2.53 bits per heavy atom. The van der Waals surface area contributed by atoms with Gasteiger partial charge in [-0.1, -0.05) is 19.9 Å². The molecule has 19 heavy (non-hydrogen) atoms.